The van der Waals surface area contributed by atoms with Gasteiger partial charge in [0, 0.05) is 50.1 Å². The van der Waals surface area contributed by atoms with Gasteiger partial charge in [0.1, 0.15) is 11.6 Å². The fourth-order valence-electron chi connectivity index (χ4n) is 6.18. The number of fused-ring (bicyclic) bond motifs is 2. The number of anilines is 1. The lowest BCUT2D eigenvalue weighted by atomic mass is 9.40. The topological polar surface area (TPSA) is 75.3 Å². The van der Waals surface area contributed by atoms with E-state index >= 15 is 0 Å². The summed E-state index contributed by atoms with van der Waals surface area (Å²) in [4.78, 5) is 7.18. The Morgan fingerprint density at radius 1 is 1.29 bits per heavy atom. The van der Waals surface area contributed by atoms with E-state index in [1.807, 2.05) is 17.9 Å². The second-order valence-electron chi connectivity index (χ2n) is 9.72. The summed E-state index contributed by atoms with van der Waals surface area (Å²) in [6, 6.07) is 2.21. The summed E-state index contributed by atoms with van der Waals surface area (Å²) >= 11 is 0. The zero-order valence-corrected chi connectivity index (χ0v) is 16.9. The highest BCUT2D eigenvalue weighted by molar-refractivity contribution is 6.08. The molecule has 3 saturated carbocycles. The molecule has 4 fully saturated rings. The first-order valence-corrected chi connectivity index (χ1v) is 10.4. The molecule has 0 spiro atoms. The summed E-state index contributed by atoms with van der Waals surface area (Å²) in [6.45, 7) is 7.38. The van der Waals surface area contributed by atoms with Gasteiger partial charge in [-0.25, -0.2) is 4.98 Å². The van der Waals surface area contributed by atoms with E-state index in [0.29, 0.717) is 11.3 Å². The Morgan fingerprint density at radius 2 is 2.07 bits per heavy atom. The van der Waals surface area contributed by atoms with Crippen LogP contribution in [0.15, 0.2) is 17.4 Å². The summed E-state index contributed by atoms with van der Waals surface area (Å²) in [5.41, 5.74) is 12.9. The largest absolute Gasteiger partial charge is 0.369 e. The Labute approximate surface area is 164 Å². The number of piperidine rings is 1. The Morgan fingerprint density at radius 3 is 2.82 bits per heavy atom. The molecular weight excluding hydrogens is 350 g/mol. The van der Waals surface area contributed by atoms with Crippen LogP contribution in [0.25, 0.3) is 11.0 Å². The van der Waals surface area contributed by atoms with Crippen molar-refractivity contribution in [3.8, 4) is 0 Å². The number of nitrogens with zero attached hydrogens (tertiary/aromatic N) is 6. The highest BCUT2D eigenvalue weighted by Crippen LogP contribution is 2.65. The van der Waals surface area contributed by atoms with Crippen molar-refractivity contribution >= 4 is 28.1 Å². The van der Waals surface area contributed by atoms with Crippen LogP contribution in [0.5, 0.6) is 0 Å². The first kappa shape index (κ1) is 16.7. The average molecular weight is 379 g/mol. The van der Waals surface area contributed by atoms with Gasteiger partial charge in [-0.1, -0.05) is 4.68 Å². The van der Waals surface area contributed by atoms with Crippen LogP contribution in [0.1, 0.15) is 38.3 Å². The van der Waals surface area contributed by atoms with E-state index in [0.717, 1.165) is 42.8 Å². The van der Waals surface area contributed by atoms with E-state index < -0.39 is 0 Å². The van der Waals surface area contributed by atoms with Gasteiger partial charge in [0.2, 0.25) is 0 Å². The number of rotatable bonds is 3. The van der Waals surface area contributed by atoms with Gasteiger partial charge in [0.05, 0.1) is 17.3 Å². The van der Waals surface area contributed by atoms with Crippen LogP contribution < -0.4 is 10.6 Å². The maximum absolute atomic E-state index is 6.26. The van der Waals surface area contributed by atoms with Crippen molar-refractivity contribution in [1.29, 1.82) is 0 Å². The van der Waals surface area contributed by atoms with Gasteiger partial charge >= 0.3 is 0 Å². The summed E-state index contributed by atoms with van der Waals surface area (Å²) in [5.74, 6) is 0.424. The number of hydrazone groups is 1. The van der Waals surface area contributed by atoms with E-state index in [4.69, 9.17) is 10.8 Å². The van der Waals surface area contributed by atoms with Crippen molar-refractivity contribution in [3.63, 3.8) is 0 Å². The van der Waals surface area contributed by atoms with Gasteiger partial charge in [-0.3, -0.25) is 4.68 Å². The summed E-state index contributed by atoms with van der Waals surface area (Å²) in [7, 11) is 1.96. The highest BCUT2D eigenvalue weighted by atomic mass is 15.4. The van der Waals surface area contributed by atoms with Gasteiger partial charge in [0.25, 0.3) is 0 Å². The minimum absolute atomic E-state index is 0.165. The van der Waals surface area contributed by atoms with Crippen LogP contribution >= 0.6 is 0 Å². The maximum atomic E-state index is 6.26. The molecule has 2 aromatic heterocycles. The monoisotopic (exact) mass is 378 g/mol. The van der Waals surface area contributed by atoms with Gasteiger partial charge in [-0.15, -0.1) is 0 Å². The van der Waals surface area contributed by atoms with Gasteiger partial charge in [-0.2, -0.15) is 5.10 Å². The lowest BCUT2D eigenvalue weighted by molar-refractivity contribution is -0.560. The van der Waals surface area contributed by atoms with Crippen molar-refractivity contribution < 1.29 is 4.68 Å². The summed E-state index contributed by atoms with van der Waals surface area (Å²) in [6.07, 6.45) is 6.52. The summed E-state index contributed by atoms with van der Waals surface area (Å²) < 4.78 is 4.17. The number of hydrogen-bond acceptors (Lipinski definition) is 5. The molecule has 1 unspecified atom stereocenters. The number of aromatic nitrogens is 3. The molecule has 1 saturated heterocycles. The second-order valence-corrected chi connectivity index (χ2v) is 9.72. The van der Waals surface area contributed by atoms with E-state index in [1.165, 1.54) is 36.4 Å². The quantitative estimate of drug-likeness (QED) is 0.827. The van der Waals surface area contributed by atoms with E-state index in [2.05, 4.69) is 39.6 Å². The minimum atomic E-state index is 0.165. The smallest absolute Gasteiger partial charge is 0.192 e. The van der Waals surface area contributed by atoms with E-state index in [1.54, 1.807) is 0 Å². The molecule has 2 bridgehead atoms. The third kappa shape index (κ3) is 2.19. The lowest BCUT2D eigenvalue weighted by Gasteiger charge is -2.67. The predicted molar refractivity (Wildman–Crippen MR) is 110 cm³/mol. The molecule has 2 aromatic rings. The molecule has 146 valence electrons. The predicted octanol–water partition coefficient (Wildman–Crippen LogP) is 1.83. The number of nitrogens with two attached hydrogens (primary N) is 1. The van der Waals surface area contributed by atoms with Gasteiger partial charge in [-0.05, 0) is 37.4 Å². The van der Waals surface area contributed by atoms with Gasteiger partial charge in [0.15, 0.2) is 17.9 Å². The van der Waals surface area contributed by atoms with Gasteiger partial charge < -0.3 is 10.6 Å². The van der Waals surface area contributed by atoms with E-state index in [9.17, 15) is 0 Å². The van der Waals surface area contributed by atoms with Crippen LogP contribution in [-0.2, 0) is 7.05 Å². The minimum Gasteiger partial charge on any atom is -0.369 e. The molecule has 0 radical (unpaired) electrons. The molecule has 7 heteroatoms. The Balaban J connectivity index is 1.28. The Hall–Kier alpha value is -2.28. The Bertz CT molecular complexity index is 1060. The zero-order valence-electron chi connectivity index (χ0n) is 16.9. The first-order chi connectivity index (χ1) is 13.3. The molecule has 4 heterocycles. The molecule has 1 atom stereocenters. The van der Waals surface area contributed by atoms with Crippen molar-refractivity contribution in [2.45, 2.75) is 45.1 Å². The average Bonchev–Trinajstić information content (AvgIpc) is 3.13. The lowest BCUT2D eigenvalue weighted by Crippen LogP contribution is -2.74. The van der Waals surface area contributed by atoms with E-state index in [-0.39, 0.29) is 5.54 Å². The third-order valence-electron chi connectivity index (χ3n) is 7.42. The molecule has 3 aliphatic carbocycles. The van der Waals surface area contributed by atoms with Crippen molar-refractivity contribution in [1.82, 2.24) is 14.8 Å². The molecule has 5 aliphatic rings. The SMILES string of the molecule is CC1=[N+](CC23CC(N)(C2)C3)N=C2CCN(c3cc(C)nc4c3cnn4C)CC21. The van der Waals surface area contributed by atoms with Crippen molar-refractivity contribution in [2.75, 3.05) is 24.5 Å². The summed E-state index contributed by atoms with van der Waals surface area (Å²) in [5, 5.41) is 10.6. The standard InChI is InChI=1S/C21H28N7/c1-13-6-18(15-7-23-26(3)19(15)24-13)27-5-4-17-16(8-27)14(2)28(25-17)12-20-9-21(22,10-20)11-20/h6-7,16H,4-5,8-12,22H2,1-3H3/q+1. The first-order valence-electron chi connectivity index (χ1n) is 10.4. The molecule has 7 rings (SSSR count). The van der Waals surface area contributed by atoms with Crippen molar-refractivity contribution in [3.05, 3.63) is 18.0 Å². The van der Waals surface area contributed by atoms with Crippen LogP contribution in [0.2, 0.25) is 0 Å². The molecule has 0 aromatic carbocycles. The fraction of sp³-hybridized carbons (Fsp3) is 0.619. The number of aryl methyl sites for hydroxylation is 2. The third-order valence-corrected chi connectivity index (χ3v) is 7.42. The number of hydrogen-bond donors (Lipinski definition) is 1. The molecular formula is C21H28N7+. The molecule has 7 nitrogen and oxygen atoms in total. The van der Waals surface area contributed by atoms with Crippen LogP contribution in [-0.4, -0.2) is 56.0 Å². The fourth-order valence-corrected chi connectivity index (χ4v) is 6.18. The molecule has 28 heavy (non-hydrogen) atoms. The van der Waals surface area contributed by atoms with Crippen LogP contribution in [0.4, 0.5) is 5.69 Å². The normalized spacial score (nSPS) is 33.6. The molecule has 2 aliphatic heterocycles. The highest BCUT2D eigenvalue weighted by Gasteiger charge is 2.68. The number of pyridine rings is 1. The molecule has 2 N–H and O–H groups in total. The Kier molecular flexibility index (Phi) is 3.09. The second kappa shape index (κ2) is 5.20. The maximum Gasteiger partial charge on any atom is 0.192 e. The van der Waals surface area contributed by atoms with Crippen LogP contribution in [0.3, 0.4) is 0 Å². The molecule has 0 amide bonds. The van der Waals surface area contributed by atoms with Crippen molar-refractivity contribution in [2.24, 2.45) is 29.2 Å². The zero-order chi connectivity index (χ0) is 19.3. The van der Waals surface area contributed by atoms with Crippen LogP contribution in [0, 0.1) is 18.3 Å².